The first-order valence-electron chi connectivity index (χ1n) is 16.9. The van der Waals surface area contributed by atoms with Crippen LogP contribution < -0.4 is 4.90 Å². The Morgan fingerprint density at radius 2 is 1.65 bits per heavy atom. The van der Waals surface area contributed by atoms with Gasteiger partial charge in [-0.3, -0.25) is 9.35 Å². The number of nitrogens with zero attached hydrogens (tertiary/aromatic N) is 2. The van der Waals surface area contributed by atoms with Gasteiger partial charge in [-0.1, -0.05) is 55.7 Å². The van der Waals surface area contributed by atoms with Gasteiger partial charge in [-0.2, -0.15) is 13.0 Å². The third kappa shape index (κ3) is 5.24. The number of para-hydroxylation sites is 2. The van der Waals surface area contributed by atoms with Crippen molar-refractivity contribution in [3.63, 3.8) is 0 Å². The molecular weight excluding hydrogens is 600 g/mol. The Bertz CT molecular complexity index is 1780. The van der Waals surface area contributed by atoms with E-state index in [1.165, 1.54) is 45.1 Å². The van der Waals surface area contributed by atoms with Crippen LogP contribution in [0.2, 0.25) is 0 Å². The van der Waals surface area contributed by atoms with Gasteiger partial charge in [0.2, 0.25) is 5.69 Å². The molecule has 0 spiro atoms. The van der Waals surface area contributed by atoms with Crippen LogP contribution in [-0.4, -0.2) is 65.4 Å². The highest BCUT2D eigenvalue weighted by atomic mass is 32.2. The van der Waals surface area contributed by atoms with Gasteiger partial charge in [0.05, 0.1) is 23.4 Å². The highest BCUT2D eigenvalue weighted by Crippen LogP contribution is 2.56. The SMILES string of the molecule is CC1(CCCCS(=O)(=O)O)C2=C3C=C4C5=[N+](CCC4OC3CCN2c2ccccc21)c1ccccc1C5(C)CCCCCC(=O)O. The van der Waals surface area contributed by atoms with Crippen molar-refractivity contribution in [2.45, 2.75) is 101 Å². The number of fused-ring (bicyclic) bond motifs is 8. The van der Waals surface area contributed by atoms with E-state index in [2.05, 4.69) is 77.9 Å². The second-order valence-corrected chi connectivity index (χ2v) is 15.7. The van der Waals surface area contributed by atoms with Crippen LogP contribution in [0, 0.1) is 0 Å². The number of unbranched alkanes of at least 4 members (excludes halogenated alkanes) is 3. The fraction of sp³-hybridized carbons (Fsp3) is 0.514. The molecule has 2 N–H and O–H groups in total. The second kappa shape index (κ2) is 11.8. The maximum Gasteiger partial charge on any atom is 0.303 e. The summed E-state index contributed by atoms with van der Waals surface area (Å²) in [7, 11) is -4.00. The summed E-state index contributed by atoms with van der Waals surface area (Å²) in [5.74, 6) is -0.954. The monoisotopic (exact) mass is 645 g/mol. The number of hydrogen-bond donors (Lipinski definition) is 2. The number of rotatable bonds is 11. The van der Waals surface area contributed by atoms with Crippen molar-refractivity contribution in [1.82, 2.24) is 0 Å². The second-order valence-electron chi connectivity index (χ2n) is 14.1. The van der Waals surface area contributed by atoms with Crippen LogP contribution in [0.3, 0.4) is 0 Å². The van der Waals surface area contributed by atoms with Gasteiger partial charge >= 0.3 is 5.97 Å². The molecule has 0 radical (unpaired) electrons. The minimum absolute atomic E-state index is 0.00431. The zero-order valence-electron chi connectivity index (χ0n) is 26.9. The van der Waals surface area contributed by atoms with Gasteiger partial charge in [0.1, 0.15) is 0 Å². The first kappa shape index (κ1) is 31.3. The molecule has 0 bridgehead atoms. The highest BCUT2D eigenvalue weighted by molar-refractivity contribution is 7.85. The van der Waals surface area contributed by atoms with E-state index in [0.717, 1.165) is 51.6 Å². The molecule has 2 aromatic rings. The third-order valence-corrected chi connectivity index (χ3v) is 12.0. The maximum atomic E-state index is 11.5. The smallest absolute Gasteiger partial charge is 0.303 e. The lowest BCUT2D eigenvalue weighted by Crippen LogP contribution is -2.48. The Hall–Kier alpha value is -3.27. The molecule has 9 heteroatoms. The molecule has 46 heavy (non-hydrogen) atoms. The zero-order chi connectivity index (χ0) is 32.3. The van der Waals surface area contributed by atoms with E-state index in [9.17, 15) is 17.8 Å². The number of anilines is 1. The van der Waals surface area contributed by atoms with E-state index in [1.54, 1.807) is 0 Å². The van der Waals surface area contributed by atoms with Crippen LogP contribution in [0.5, 0.6) is 0 Å². The molecule has 2 aromatic carbocycles. The first-order chi connectivity index (χ1) is 22.0. The number of carboxylic acid groups (broad SMARTS) is 1. The van der Waals surface area contributed by atoms with Crippen LogP contribution >= 0.6 is 0 Å². The van der Waals surface area contributed by atoms with Gasteiger partial charge in [0, 0.05) is 59.0 Å². The van der Waals surface area contributed by atoms with Crippen molar-refractivity contribution in [3.05, 3.63) is 82.6 Å². The fourth-order valence-electron chi connectivity index (χ4n) is 9.14. The van der Waals surface area contributed by atoms with Crippen molar-refractivity contribution in [3.8, 4) is 0 Å². The van der Waals surface area contributed by atoms with E-state index in [4.69, 9.17) is 9.84 Å². The molecule has 0 saturated carbocycles. The standard InChI is InChI=1S/C37H44N2O6S/c1-36(19-9-3-4-16-33(40)41)27-12-5-7-14-29(27)38-21-17-31-25(34(36)38)24-26-32(45-31)18-22-39-30-15-8-6-13-28(30)37(2,35(26)39)20-10-11-23-46(42,43)44/h5-8,12-15,24,31-32H,3-4,9-11,16-23H2,1-2H3,(H-,40,41,42,43,44)/p+1. The van der Waals surface area contributed by atoms with Gasteiger partial charge < -0.3 is 14.7 Å². The Morgan fingerprint density at radius 1 is 0.935 bits per heavy atom. The Kier molecular flexibility index (Phi) is 8.01. The Balaban J connectivity index is 1.30. The lowest BCUT2D eigenvalue weighted by molar-refractivity contribution is -0.445. The summed E-state index contributed by atoms with van der Waals surface area (Å²) < 4.78 is 41.9. The molecule has 7 rings (SSSR count). The van der Waals surface area contributed by atoms with E-state index in [0.29, 0.717) is 19.3 Å². The summed E-state index contributed by atoms with van der Waals surface area (Å²) in [4.78, 5) is 13.6. The molecule has 5 heterocycles. The number of carbonyl (C=O) groups is 1. The van der Waals surface area contributed by atoms with Crippen molar-refractivity contribution < 1.29 is 32.2 Å². The molecule has 244 valence electrons. The summed E-state index contributed by atoms with van der Waals surface area (Å²) in [6.45, 7) is 6.44. The molecule has 5 aliphatic rings. The summed E-state index contributed by atoms with van der Waals surface area (Å²) in [5, 5.41) is 9.16. The van der Waals surface area contributed by atoms with Crippen LogP contribution in [-0.2, 0) is 30.5 Å². The summed E-state index contributed by atoms with van der Waals surface area (Å²) in [6.07, 6.45) is 9.88. The van der Waals surface area contributed by atoms with Crippen LogP contribution in [0.4, 0.5) is 11.4 Å². The number of ether oxygens (including phenoxy) is 1. The number of benzene rings is 2. The molecule has 5 aliphatic heterocycles. The van der Waals surface area contributed by atoms with E-state index in [1.807, 2.05) is 0 Å². The average Bonchev–Trinajstić information content (AvgIpc) is 3.44. The van der Waals surface area contributed by atoms with Gasteiger partial charge in [0.15, 0.2) is 12.3 Å². The van der Waals surface area contributed by atoms with Crippen LogP contribution in [0.1, 0.15) is 89.2 Å². The van der Waals surface area contributed by atoms with Crippen molar-refractivity contribution in [1.29, 1.82) is 0 Å². The normalized spacial score (nSPS) is 27.8. The van der Waals surface area contributed by atoms with Gasteiger partial charge in [-0.15, -0.1) is 0 Å². The number of hydrogen-bond acceptors (Lipinski definition) is 5. The Labute approximate surface area is 272 Å². The highest BCUT2D eigenvalue weighted by Gasteiger charge is 2.56. The van der Waals surface area contributed by atoms with Crippen molar-refractivity contribution in [2.75, 3.05) is 23.7 Å². The summed E-state index contributed by atoms with van der Waals surface area (Å²) >= 11 is 0. The lowest BCUT2D eigenvalue weighted by Gasteiger charge is -2.43. The molecule has 0 fully saturated rings. The predicted molar refractivity (Wildman–Crippen MR) is 179 cm³/mol. The van der Waals surface area contributed by atoms with Crippen molar-refractivity contribution >= 4 is 33.2 Å². The molecular formula is C37H45N2O6S+. The molecule has 4 atom stereocenters. The maximum absolute atomic E-state index is 11.5. The molecule has 0 saturated heterocycles. The largest absolute Gasteiger partial charge is 0.481 e. The molecule has 8 nitrogen and oxygen atoms in total. The minimum atomic E-state index is -4.00. The molecule has 4 unspecified atom stereocenters. The average molecular weight is 646 g/mol. The Morgan fingerprint density at radius 3 is 2.43 bits per heavy atom. The lowest BCUT2D eigenvalue weighted by atomic mass is 9.70. The minimum Gasteiger partial charge on any atom is -0.481 e. The topological polar surface area (TPSA) is 107 Å². The van der Waals surface area contributed by atoms with E-state index in [-0.39, 0.29) is 35.2 Å². The van der Waals surface area contributed by atoms with Gasteiger partial charge in [-0.25, -0.2) is 0 Å². The third-order valence-electron chi connectivity index (χ3n) is 11.2. The summed E-state index contributed by atoms with van der Waals surface area (Å²) in [5.41, 5.74) is 9.67. The zero-order valence-corrected chi connectivity index (χ0v) is 27.7. The van der Waals surface area contributed by atoms with Gasteiger partial charge in [-0.05, 0) is 63.7 Å². The predicted octanol–water partition coefficient (Wildman–Crippen LogP) is 6.67. The quantitative estimate of drug-likeness (QED) is 0.160. The first-order valence-corrected chi connectivity index (χ1v) is 18.5. The fourth-order valence-corrected chi connectivity index (χ4v) is 9.71. The molecule has 0 amide bonds. The van der Waals surface area contributed by atoms with E-state index < -0.39 is 16.1 Å². The summed E-state index contributed by atoms with van der Waals surface area (Å²) in [6, 6.07) is 17.4. The van der Waals surface area contributed by atoms with Gasteiger partial charge in [0.25, 0.3) is 10.1 Å². The number of carboxylic acids is 1. The van der Waals surface area contributed by atoms with Crippen LogP contribution in [0.15, 0.2) is 71.5 Å². The molecule has 0 aliphatic carbocycles. The van der Waals surface area contributed by atoms with E-state index >= 15 is 0 Å². The van der Waals surface area contributed by atoms with Crippen LogP contribution in [0.25, 0.3) is 0 Å². The van der Waals surface area contributed by atoms with Crippen molar-refractivity contribution in [2.24, 2.45) is 0 Å². The number of aliphatic carboxylic acids is 1. The number of allylic oxidation sites excluding steroid dienone is 1. The molecule has 0 aromatic heterocycles.